The van der Waals surface area contributed by atoms with Gasteiger partial charge in [0.1, 0.15) is 5.84 Å². The van der Waals surface area contributed by atoms with Crippen molar-refractivity contribution in [3.05, 3.63) is 0 Å². The van der Waals surface area contributed by atoms with Gasteiger partial charge in [-0.2, -0.15) is 0 Å². The van der Waals surface area contributed by atoms with E-state index < -0.39 is 17.5 Å². The highest BCUT2D eigenvalue weighted by Gasteiger charge is 2.04. The summed E-state index contributed by atoms with van der Waals surface area (Å²) in [7, 11) is 0. The van der Waals surface area contributed by atoms with E-state index in [0.717, 1.165) is 0 Å². The molecule has 0 aliphatic carbocycles. The van der Waals surface area contributed by atoms with E-state index >= 15 is 0 Å². The molecule has 0 saturated heterocycles. The molecule has 0 radical (unpaired) electrons. The largest absolute Gasteiger partial charge is 0.382 e. The number of nitrogens with two attached hydrogens (primary N) is 2. The zero-order valence-corrected chi connectivity index (χ0v) is 4.06. The SMILES string of the molecule is N=C(N)C(=N)C(N)=O. The lowest BCUT2D eigenvalue weighted by molar-refractivity contribution is -0.111. The molecule has 0 heterocycles. The minimum absolute atomic E-state index is 0.600. The van der Waals surface area contributed by atoms with E-state index in [9.17, 15) is 4.79 Å². The number of amidine groups is 1. The van der Waals surface area contributed by atoms with Crippen LogP contribution in [0.5, 0.6) is 0 Å². The number of amides is 1. The summed E-state index contributed by atoms with van der Waals surface area (Å²) >= 11 is 0. The summed E-state index contributed by atoms with van der Waals surface area (Å²) in [6, 6.07) is 0. The second kappa shape index (κ2) is 2.06. The van der Waals surface area contributed by atoms with Gasteiger partial charge in [-0.15, -0.1) is 0 Å². The van der Waals surface area contributed by atoms with E-state index in [0.29, 0.717) is 0 Å². The van der Waals surface area contributed by atoms with E-state index in [1.165, 1.54) is 0 Å². The predicted octanol–water partition coefficient (Wildman–Crippen LogP) is -1.57. The molecule has 0 unspecified atom stereocenters. The Bertz CT molecular complexity index is 133. The van der Waals surface area contributed by atoms with Crippen LogP contribution in [0.2, 0.25) is 0 Å². The van der Waals surface area contributed by atoms with Gasteiger partial charge in [0.05, 0.1) is 0 Å². The highest BCUT2D eigenvalue weighted by Crippen LogP contribution is 1.65. The first-order valence-electron chi connectivity index (χ1n) is 1.78. The lowest BCUT2D eigenvalue weighted by Crippen LogP contribution is -2.33. The van der Waals surface area contributed by atoms with Crippen LogP contribution in [0, 0.1) is 10.8 Å². The van der Waals surface area contributed by atoms with Crippen LogP contribution in [-0.2, 0) is 4.79 Å². The Hall–Kier alpha value is -1.39. The van der Waals surface area contributed by atoms with E-state index in [4.69, 9.17) is 16.6 Å². The maximum absolute atomic E-state index is 9.92. The summed E-state index contributed by atoms with van der Waals surface area (Å²) in [4.78, 5) is 9.92. The number of carbonyl (C=O) groups is 1. The standard InChI is InChI=1S/C3H6N4O/c4-1(2(5)6)3(7)8/h4H,(H3,5,6)(H2,7,8). The van der Waals surface area contributed by atoms with Crippen molar-refractivity contribution < 1.29 is 4.79 Å². The summed E-state index contributed by atoms with van der Waals surface area (Å²) in [5.74, 6) is -1.57. The lowest BCUT2D eigenvalue weighted by atomic mass is 10.3. The molecule has 0 aliphatic rings. The molecular formula is C3H6N4O. The molecule has 6 N–H and O–H groups in total. The van der Waals surface area contributed by atoms with Crippen LogP contribution < -0.4 is 11.5 Å². The molecule has 5 heteroatoms. The highest BCUT2D eigenvalue weighted by atomic mass is 16.1. The second-order valence-electron chi connectivity index (χ2n) is 1.15. The molecule has 1 amide bonds. The lowest BCUT2D eigenvalue weighted by Gasteiger charge is -1.90. The number of hydrogen-bond acceptors (Lipinski definition) is 3. The minimum atomic E-state index is -0.975. The Balaban J connectivity index is 4.05. The second-order valence-corrected chi connectivity index (χ2v) is 1.15. The van der Waals surface area contributed by atoms with Crippen molar-refractivity contribution >= 4 is 17.5 Å². The molecule has 0 bridgehead atoms. The van der Waals surface area contributed by atoms with E-state index in [1.807, 2.05) is 0 Å². The van der Waals surface area contributed by atoms with Crippen molar-refractivity contribution in [2.75, 3.05) is 0 Å². The van der Waals surface area contributed by atoms with Crippen molar-refractivity contribution in [3.8, 4) is 0 Å². The van der Waals surface area contributed by atoms with Gasteiger partial charge in [0.25, 0.3) is 5.91 Å². The van der Waals surface area contributed by atoms with Crippen LogP contribution in [0.25, 0.3) is 0 Å². The molecule has 0 spiro atoms. The van der Waals surface area contributed by atoms with E-state index in [-0.39, 0.29) is 0 Å². The van der Waals surface area contributed by atoms with Gasteiger partial charge in [0, 0.05) is 0 Å². The van der Waals surface area contributed by atoms with Crippen LogP contribution in [0.1, 0.15) is 0 Å². The molecule has 0 aromatic rings. The predicted molar refractivity (Wildman–Crippen MR) is 28.8 cm³/mol. The van der Waals surface area contributed by atoms with Gasteiger partial charge in [-0.25, -0.2) is 0 Å². The van der Waals surface area contributed by atoms with Crippen LogP contribution in [-0.4, -0.2) is 17.5 Å². The topological polar surface area (TPSA) is 117 Å². The third kappa shape index (κ3) is 1.38. The smallest absolute Gasteiger partial charge is 0.270 e. The van der Waals surface area contributed by atoms with Gasteiger partial charge in [-0.3, -0.25) is 15.6 Å². The Kier molecular flexibility index (Phi) is 1.70. The van der Waals surface area contributed by atoms with Gasteiger partial charge in [0.15, 0.2) is 5.71 Å². The summed E-state index contributed by atoms with van der Waals surface area (Å²) in [6.07, 6.45) is 0. The first kappa shape index (κ1) is 6.61. The maximum Gasteiger partial charge on any atom is 0.270 e. The van der Waals surface area contributed by atoms with Crippen molar-refractivity contribution in [2.45, 2.75) is 0 Å². The fraction of sp³-hybridized carbons (Fsp3) is 0. The first-order valence-corrected chi connectivity index (χ1v) is 1.78. The van der Waals surface area contributed by atoms with Crippen molar-refractivity contribution in [1.29, 1.82) is 10.8 Å². The molecule has 8 heavy (non-hydrogen) atoms. The van der Waals surface area contributed by atoms with Gasteiger partial charge in [0.2, 0.25) is 0 Å². The van der Waals surface area contributed by atoms with Crippen LogP contribution in [0.4, 0.5) is 0 Å². The monoisotopic (exact) mass is 114 g/mol. The normalized spacial score (nSPS) is 8.00. The average Bonchev–Trinajstić information content (AvgIpc) is 1.64. The Morgan fingerprint density at radius 1 is 1.25 bits per heavy atom. The number of nitrogens with one attached hydrogen (secondary N) is 2. The molecule has 0 rings (SSSR count). The first-order chi connectivity index (χ1) is 3.55. The fourth-order valence-electron chi connectivity index (χ4n) is 0.133. The Morgan fingerprint density at radius 3 is 1.62 bits per heavy atom. The molecule has 0 saturated carbocycles. The quantitative estimate of drug-likeness (QED) is 0.256. The molecular weight excluding hydrogens is 108 g/mol. The molecule has 0 atom stereocenters. The van der Waals surface area contributed by atoms with Crippen LogP contribution in [0.3, 0.4) is 0 Å². The molecule has 0 fully saturated rings. The van der Waals surface area contributed by atoms with Crippen molar-refractivity contribution in [1.82, 2.24) is 0 Å². The van der Waals surface area contributed by atoms with Crippen LogP contribution >= 0.6 is 0 Å². The molecule has 5 nitrogen and oxygen atoms in total. The molecule has 0 aliphatic heterocycles. The Labute approximate surface area is 45.7 Å². The molecule has 0 aromatic carbocycles. The van der Waals surface area contributed by atoms with Crippen LogP contribution in [0.15, 0.2) is 0 Å². The summed E-state index contributed by atoms with van der Waals surface area (Å²) in [6.45, 7) is 0. The number of primary amides is 1. The minimum Gasteiger partial charge on any atom is -0.382 e. The summed E-state index contributed by atoms with van der Waals surface area (Å²) < 4.78 is 0. The highest BCUT2D eigenvalue weighted by molar-refractivity contribution is 6.64. The van der Waals surface area contributed by atoms with Gasteiger partial charge in [-0.1, -0.05) is 0 Å². The van der Waals surface area contributed by atoms with Gasteiger partial charge < -0.3 is 11.5 Å². The zero-order valence-electron chi connectivity index (χ0n) is 4.06. The third-order valence-corrected chi connectivity index (χ3v) is 0.516. The van der Waals surface area contributed by atoms with E-state index in [1.54, 1.807) is 0 Å². The van der Waals surface area contributed by atoms with E-state index in [2.05, 4.69) is 5.73 Å². The number of carbonyl (C=O) groups excluding carboxylic acids is 1. The van der Waals surface area contributed by atoms with Crippen molar-refractivity contribution in [2.24, 2.45) is 11.5 Å². The molecule has 0 aromatic heterocycles. The number of hydrogen-bond donors (Lipinski definition) is 4. The third-order valence-electron chi connectivity index (χ3n) is 0.516. The van der Waals surface area contributed by atoms with Crippen molar-refractivity contribution in [3.63, 3.8) is 0 Å². The summed E-state index contributed by atoms with van der Waals surface area (Å²) in [5, 5.41) is 13.1. The maximum atomic E-state index is 9.92. The summed E-state index contributed by atoms with van der Waals surface area (Å²) in [5.41, 5.74) is 8.60. The number of rotatable bonds is 2. The average molecular weight is 114 g/mol. The molecule has 44 valence electrons. The fourth-order valence-corrected chi connectivity index (χ4v) is 0.133. The van der Waals surface area contributed by atoms with Gasteiger partial charge >= 0.3 is 0 Å². The zero-order chi connectivity index (χ0) is 6.73. The van der Waals surface area contributed by atoms with Gasteiger partial charge in [-0.05, 0) is 0 Å². The Morgan fingerprint density at radius 2 is 1.62 bits per heavy atom.